The van der Waals surface area contributed by atoms with E-state index in [0.717, 1.165) is 16.8 Å². The number of anilines is 1. The average Bonchev–Trinajstić information content (AvgIpc) is 3.23. The molecular formula is C20H17N3O3. The molecule has 0 bridgehead atoms. The molecule has 2 aliphatic heterocycles. The third-order valence-electron chi connectivity index (χ3n) is 4.30. The number of nitrogens with zero attached hydrogens (tertiary/aromatic N) is 3. The van der Waals surface area contributed by atoms with Gasteiger partial charge in [0, 0.05) is 17.7 Å². The zero-order chi connectivity index (χ0) is 18.1. The first kappa shape index (κ1) is 16.1. The van der Waals surface area contributed by atoms with Crippen molar-refractivity contribution in [3.8, 4) is 11.5 Å². The Morgan fingerprint density at radius 1 is 1.23 bits per heavy atom. The molecule has 26 heavy (non-hydrogen) atoms. The van der Waals surface area contributed by atoms with Crippen molar-refractivity contribution in [2.45, 2.75) is 6.92 Å². The number of ether oxygens (including phenoxy) is 2. The Morgan fingerprint density at radius 2 is 2.04 bits per heavy atom. The molecule has 130 valence electrons. The van der Waals surface area contributed by atoms with Gasteiger partial charge in [-0.05, 0) is 31.2 Å². The lowest BCUT2D eigenvalue weighted by Crippen LogP contribution is -2.30. The summed E-state index contributed by atoms with van der Waals surface area (Å²) in [5.41, 5.74) is 3.49. The van der Waals surface area contributed by atoms with Crippen molar-refractivity contribution in [1.29, 1.82) is 0 Å². The molecule has 0 fully saturated rings. The largest absolute Gasteiger partial charge is 0.454 e. The first-order valence-corrected chi connectivity index (χ1v) is 8.23. The number of benzene rings is 2. The molecule has 2 aromatic rings. The second kappa shape index (κ2) is 6.48. The highest BCUT2D eigenvalue weighted by Crippen LogP contribution is 2.33. The lowest BCUT2D eigenvalue weighted by molar-refractivity contribution is -0.112. The van der Waals surface area contributed by atoms with Crippen molar-refractivity contribution >= 4 is 23.0 Å². The van der Waals surface area contributed by atoms with Gasteiger partial charge in [0.15, 0.2) is 17.2 Å². The molecule has 0 saturated carbocycles. The van der Waals surface area contributed by atoms with Crippen LogP contribution in [0.2, 0.25) is 0 Å². The van der Waals surface area contributed by atoms with Gasteiger partial charge in [-0.15, -0.1) is 11.7 Å². The molecule has 0 aliphatic carbocycles. The molecule has 4 rings (SSSR count). The smallest absolute Gasteiger partial charge is 0.279 e. The Balaban J connectivity index is 1.68. The van der Waals surface area contributed by atoms with Gasteiger partial charge in [0.25, 0.3) is 5.91 Å². The van der Waals surface area contributed by atoms with Gasteiger partial charge in [0.05, 0.1) is 11.4 Å². The summed E-state index contributed by atoms with van der Waals surface area (Å²) >= 11 is 0. The average molecular weight is 347 g/mol. The highest BCUT2D eigenvalue weighted by molar-refractivity contribution is 6.54. The predicted octanol–water partition coefficient (Wildman–Crippen LogP) is 3.16. The zero-order valence-electron chi connectivity index (χ0n) is 14.3. The van der Waals surface area contributed by atoms with Crippen LogP contribution < -0.4 is 14.4 Å². The van der Waals surface area contributed by atoms with E-state index in [4.69, 9.17) is 9.47 Å². The maximum Gasteiger partial charge on any atom is 0.279 e. The highest BCUT2D eigenvalue weighted by Gasteiger charge is 2.33. The topological polar surface area (TPSA) is 63.5 Å². The van der Waals surface area contributed by atoms with Crippen molar-refractivity contribution in [1.82, 2.24) is 0 Å². The number of carbonyl (C=O) groups excluding carboxylic acids is 1. The lowest BCUT2D eigenvalue weighted by atomic mass is 10.1. The SMILES string of the molecule is C=CCN1C(=O)/C(=N\N=C(\C)c2ccc3c(c2)OCO3)c2ccccc21. The van der Waals surface area contributed by atoms with E-state index in [1.54, 1.807) is 11.0 Å². The van der Waals surface area contributed by atoms with Crippen LogP contribution in [0.15, 0.2) is 65.3 Å². The normalized spacial score (nSPS) is 17.0. The fourth-order valence-corrected chi connectivity index (χ4v) is 2.97. The minimum Gasteiger partial charge on any atom is -0.454 e. The van der Waals surface area contributed by atoms with Gasteiger partial charge in [-0.3, -0.25) is 4.79 Å². The summed E-state index contributed by atoms with van der Waals surface area (Å²) in [6, 6.07) is 13.1. The monoisotopic (exact) mass is 347 g/mol. The van der Waals surface area contributed by atoms with Gasteiger partial charge in [-0.25, -0.2) is 0 Å². The molecule has 6 nitrogen and oxygen atoms in total. The number of para-hydroxylation sites is 1. The zero-order valence-corrected chi connectivity index (χ0v) is 14.3. The van der Waals surface area contributed by atoms with E-state index in [1.165, 1.54) is 0 Å². The van der Waals surface area contributed by atoms with Crippen molar-refractivity contribution in [2.75, 3.05) is 18.2 Å². The molecule has 0 spiro atoms. The summed E-state index contributed by atoms with van der Waals surface area (Å²) in [6.07, 6.45) is 1.69. The molecule has 0 saturated heterocycles. The highest BCUT2D eigenvalue weighted by atomic mass is 16.7. The van der Waals surface area contributed by atoms with Gasteiger partial charge >= 0.3 is 0 Å². The molecule has 2 heterocycles. The Bertz CT molecular complexity index is 963. The molecule has 0 aromatic heterocycles. The second-order valence-corrected chi connectivity index (χ2v) is 5.92. The number of hydrogen-bond acceptors (Lipinski definition) is 5. The van der Waals surface area contributed by atoms with Gasteiger partial charge in [-0.2, -0.15) is 5.10 Å². The van der Waals surface area contributed by atoms with Crippen molar-refractivity contribution in [2.24, 2.45) is 10.2 Å². The Kier molecular flexibility index (Phi) is 4.01. The number of carbonyl (C=O) groups is 1. The fourth-order valence-electron chi connectivity index (χ4n) is 2.97. The number of amides is 1. The minimum absolute atomic E-state index is 0.173. The Morgan fingerprint density at radius 3 is 2.88 bits per heavy atom. The van der Waals surface area contributed by atoms with Crippen molar-refractivity contribution in [3.05, 3.63) is 66.2 Å². The third kappa shape index (κ3) is 2.65. The maximum absolute atomic E-state index is 12.7. The fraction of sp³-hybridized carbons (Fsp3) is 0.150. The van der Waals surface area contributed by atoms with E-state index in [2.05, 4.69) is 16.8 Å². The molecule has 0 unspecified atom stereocenters. The van der Waals surface area contributed by atoms with Crippen LogP contribution in [0.1, 0.15) is 18.1 Å². The summed E-state index contributed by atoms with van der Waals surface area (Å²) < 4.78 is 10.7. The van der Waals surface area contributed by atoms with Gasteiger partial charge in [-0.1, -0.05) is 24.3 Å². The van der Waals surface area contributed by atoms with E-state index in [9.17, 15) is 4.79 Å². The Hall–Kier alpha value is -3.41. The third-order valence-corrected chi connectivity index (χ3v) is 4.30. The molecule has 1 amide bonds. The van der Waals surface area contributed by atoms with E-state index in [0.29, 0.717) is 29.5 Å². The quantitative estimate of drug-likeness (QED) is 0.485. The standard InChI is InChI=1S/C20H17N3O3/c1-3-10-23-16-7-5-4-6-15(16)19(20(23)24)22-21-13(2)14-8-9-17-18(11-14)26-12-25-17/h3-9,11H,1,10,12H2,2H3/b21-13-,22-19-. The predicted molar refractivity (Wildman–Crippen MR) is 100 cm³/mol. The summed E-state index contributed by atoms with van der Waals surface area (Å²) in [5.74, 6) is 1.23. The van der Waals surface area contributed by atoms with Crippen molar-refractivity contribution in [3.63, 3.8) is 0 Å². The summed E-state index contributed by atoms with van der Waals surface area (Å²) in [5, 5.41) is 8.54. The summed E-state index contributed by atoms with van der Waals surface area (Å²) in [7, 11) is 0. The van der Waals surface area contributed by atoms with Crippen LogP contribution >= 0.6 is 0 Å². The maximum atomic E-state index is 12.7. The Labute approximate surface area is 151 Å². The molecule has 0 atom stereocenters. The van der Waals surface area contributed by atoms with Crippen LogP contribution in [-0.2, 0) is 4.79 Å². The lowest BCUT2D eigenvalue weighted by Gasteiger charge is -2.13. The summed E-state index contributed by atoms with van der Waals surface area (Å²) in [4.78, 5) is 14.3. The van der Waals surface area contributed by atoms with Crippen molar-refractivity contribution < 1.29 is 14.3 Å². The molecule has 0 radical (unpaired) electrons. The first-order valence-electron chi connectivity index (χ1n) is 8.23. The van der Waals surface area contributed by atoms with E-state index in [-0.39, 0.29) is 12.7 Å². The number of rotatable bonds is 4. The molecule has 2 aromatic carbocycles. The van der Waals surface area contributed by atoms with E-state index < -0.39 is 0 Å². The molecule has 0 N–H and O–H groups in total. The minimum atomic E-state index is -0.173. The number of hydrogen-bond donors (Lipinski definition) is 0. The second-order valence-electron chi connectivity index (χ2n) is 5.92. The van der Waals surface area contributed by atoms with Crippen LogP contribution in [0.3, 0.4) is 0 Å². The van der Waals surface area contributed by atoms with E-state index >= 15 is 0 Å². The van der Waals surface area contributed by atoms with Crippen LogP contribution in [0.4, 0.5) is 5.69 Å². The molecule has 6 heteroatoms. The van der Waals surface area contributed by atoms with Gasteiger partial charge in [0.1, 0.15) is 0 Å². The van der Waals surface area contributed by atoms with Gasteiger partial charge in [0.2, 0.25) is 6.79 Å². The number of fused-ring (bicyclic) bond motifs is 2. The van der Waals surface area contributed by atoms with Crippen LogP contribution in [0.5, 0.6) is 11.5 Å². The van der Waals surface area contributed by atoms with Crippen LogP contribution in [-0.4, -0.2) is 30.7 Å². The first-order chi connectivity index (χ1) is 12.7. The van der Waals surface area contributed by atoms with Crippen LogP contribution in [0.25, 0.3) is 0 Å². The van der Waals surface area contributed by atoms with Gasteiger partial charge < -0.3 is 14.4 Å². The molecule has 2 aliphatic rings. The molecular weight excluding hydrogens is 330 g/mol. The van der Waals surface area contributed by atoms with Crippen LogP contribution in [0, 0.1) is 0 Å². The summed E-state index contributed by atoms with van der Waals surface area (Å²) in [6.45, 7) is 6.21. The van der Waals surface area contributed by atoms with E-state index in [1.807, 2.05) is 49.4 Å².